The molecular formula is C30H38N4O5. The summed E-state index contributed by atoms with van der Waals surface area (Å²) in [6, 6.07) is 14.8. The molecule has 1 fully saturated rings. The molecule has 0 unspecified atom stereocenters. The predicted octanol–water partition coefficient (Wildman–Crippen LogP) is 2.26. The van der Waals surface area contributed by atoms with Gasteiger partial charge in [-0.2, -0.15) is 0 Å². The number of carbonyl (C=O) groups excluding carboxylic acids is 5. The van der Waals surface area contributed by atoms with Crippen molar-refractivity contribution >= 4 is 29.4 Å². The third-order valence-corrected chi connectivity index (χ3v) is 6.95. The Morgan fingerprint density at radius 2 is 1.33 bits per heavy atom. The third-order valence-electron chi connectivity index (χ3n) is 6.95. The van der Waals surface area contributed by atoms with Crippen LogP contribution in [0.25, 0.3) is 0 Å². The Labute approximate surface area is 229 Å². The van der Waals surface area contributed by atoms with Crippen LogP contribution in [0.5, 0.6) is 0 Å². The van der Waals surface area contributed by atoms with Gasteiger partial charge in [0.15, 0.2) is 0 Å². The first-order valence-electron chi connectivity index (χ1n) is 13.3. The second-order valence-electron chi connectivity index (χ2n) is 10.9. The molecule has 208 valence electrons. The molecule has 39 heavy (non-hydrogen) atoms. The van der Waals surface area contributed by atoms with Crippen molar-refractivity contribution in [2.45, 2.75) is 77.0 Å². The maximum absolute atomic E-state index is 13.6. The zero-order valence-corrected chi connectivity index (χ0v) is 23.1. The highest BCUT2D eigenvalue weighted by Gasteiger charge is 2.39. The van der Waals surface area contributed by atoms with Gasteiger partial charge in [-0.15, -0.1) is 0 Å². The van der Waals surface area contributed by atoms with Crippen molar-refractivity contribution in [1.82, 2.24) is 21.3 Å². The number of rotatable bonds is 12. The van der Waals surface area contributed by atoms with Crippen molar-refractivity contribution in [2.24, 2.45) is 5.92 Å². The van der Waals surface area contributed by atoms with E-state index in [4.69, 9.17) is 0 Å². The normalized spacial score (nSPS) is 15.4. The Hall–Kier alpha value is -4.01. The molecule has 0 spiro atoms. The van der Waals surface area contributed by atoms with Crippen molar-refractivity contribution in [3.05, 3.63) is 71.8 Å². The minimum atomic E-state index is -1.04. The average Bonchev–Trinajstić information content (AvgIpc) is 3.74. The largest absolute Gasteiger partial charge is 0.347 e. The van der Waals surface area contributed by atoms with Gasteiger partial charge in [-0.05, 0) is 43.4 Å². The number of hydrogen-bond donors (Lipinski definition) is 4. The van der Waals surface area contributed by atoms with Crippen molar-refractivity contribution in [1.29, 1.82) is 0 Å². The number of Topliss-reactive ketones (excluding diaryl/α,β-unsaturated/α-hetero) is 1. The molecule has 3 atom stereocenters. The molecule has 0 radical (unpaired) electrons. The van der Waals surface area contributed by atoms with Crippen molar-refractivity contribution in [3.63, 3.8) is 0 Å². The predicted molar refractivity (Wildman–Crippen MR) is 148 cm³/mol. The van der Waals surface area contributed by atoms with E-state index in [2.05, 4.69) is 21.3 Å². The van der Waals surface area contributed by atoms with Crippen molar-refractivity contribution in [3.8, 4) is 0 Å². The zero-order chi connectivity index (χ0) is 28.7. The molecule has 0 saturated heterocycles. The number of amides is 4. The lowest BCUT2D eigenvalue weighted by molar-refractivity contribution is -0.141. The van der Waals surface area contributed by atoms with Gasteiger partial charge in [0.2, 0.25) is 17.6 Å². The van der Waals surface area contributed by atoms with E-state index in [0.717, 1.165) is 18.4 Å². The van der Waals surface area contributed by atoms with Gasteiger partial charge in [0.25, 0.3) is 11.8 Å². The first-order valence-corrected chi connectivity index (χ1v) is 13.3. The van der Waals surface area contributed by atoms with Crippen LogP contribution in [0.1, 0.15) is 63.4 Å². The summed E-state index contributed by atoms with van der Waals surface area (Å²) in [5.74, 6) is -3.38. The molecule has 9 heteroatoms. The molecule has 2 aromatic rings. The van der Waals surface area contributed by atoms with Crippen LogP contribution in [0.3, 0.4) is 0 Å². The first-order chi connectivity index (χ1) is 18.4. The maximum Gasteiger partial charge on any atom is 0.289 e. The van der Waals surface area contributed by atoms with Gasteiger partial charge in [-0.1, -0.05) is 76.2 Å². The van der Waals surface area contributed by atoms with E-state index >= 15 is 0 Å². The van der Waals surface area contributed by atoms with Crippen LogP contribution in [0.2, 0.25) is 0 Å². The van der Waals surface area contributed by atoms with Crippen LogP contribution in [0.4, 0.5) is 0 Å². The summed E-state index contributed by atoms with van der Waals surface area (Å²) in [5.41, 5.74) is 0.374. The fourth-order valence-electron chi connectivity index (χ4n) is 4.21. The molecule has 0 bridgehead atoms. The molecule has 2 aromatic carbocycles. The van der Waals surface area contributed by atoms with E-state index in [1.165, 1.54) is 6.92 Å². The summed E-state index contributed by atoms with van der Waals surface area (Å²) >= 11 is 0. The molecule has 4 amide bonds. The number of carbonyl (C=O) groups is 5. The Kier molecular flexibility index (Phi) is 9.61. The second kappa shape index (κ2) is 12.7. The van der Waals surface area contributed by atoms with Crippen LogP contribution in [0.15, 0.2) is 60.7 Å². The smallest absolute Gasteiger partial charge is 0.289 e. The van der Waals surface area contributed by atoms with E-state index < -0.39 is 53.0 Å². The van der Waals surface area contributed by atoms with Gasteiger partial charge in [0.1, 0.15) is 12.1 Å². The quantitative estimate of drug-likeness (QED) is 0.310. The lowest BCUT2D eigenvalue weighted by Crippen LogP contribution is -2.60. The number of benzene rings is 2. The summed E-state index contributed by atoms with van der Waals surface area (Å²) in [4.78, 5) is 64.7. The molecule has 4 N–H and O–H groups in total. The second-order valence-corrected chi connectivity index (χ2v) is 10.9. The lowest BCUT2D eigenvalue weighted by atomic mass is 9.77. The molecule has 1 aliphatic carbocycles. The van der Waals surface area contributed by atoms with E-state index in [9.17, 15) is 24.0 Å². The van der Waals surface area contributed by atoms with Gasteiger partial charge >= 0.3 is 0 Å². The highest BCUT2D eigenvalue weighted by Crippen LogP contribution is 2.28. The SMILES string of the molecule is CC(C)[C@H](NC(=O)[C@H](C)NC(=O)[C@@H](NC(=O)c1ccccc1)C(C)(C)c1ccccc1)C(=O)C(=O)NC1CC1. The van der Waals surface area contributed by atoms with E-state index in [0.29, 0.717) is 5.56 Å². The minimum Gasteiger partial charge on any atom is -0.347 e. The van der Waals surface area contributed by atoms with E-state index in [1.54, 1.807) is 44.2 Å². The minimum absolute atomic E-state index is 0.0131. The van der Waals surface area contributed by atoms with Gasteiger partial charge in [0.05, 0.1) is 6.04 Å². The van der Waals surface area contributed by atoms with Crippen LogP contribution in [-0.4, -0.2) is 53.6 Å². The topological polar surface area (TPSA) is 133 Å². The molecule has 0 aliphatic heterocycles. The van der Waals surface area contributed by atoms with Crippen LogP contribution in [-0.2, 0) is 24.6 Å². The van der Waals surface area contributed by atoms with Gasteiger partial charge in [-0.3, -0.25) is 24.0 Å². The molecule has 1 saturated carbocycles. The zero-order valence-electron chi connectivity index (χ0n) is 23.1. The van der Waals surface area contributed by atoms with Crippen LogP contribution < -0.4 is 21.3 Å². The van der Waals surface area contributed by atoms with Crippen molar-refractivity contribution in [2.75, 3.05) is 0 Å². The first kappa shape index (κ1) is 29.5. The highest BCUT2D eigenvalue weighted by molar-refractivity contribution is 6.38. The maximum atomic E-state index is 13.6. The number of nitrogens with one attached hydrogen (secondary N) is 4. The van der Waals surface area contributed by atoms with Crippen LogP contribution >= 0.6 is 0 Å². The summed E-state index contributed by atoms with van der Waals surface area (Å²) in [6.07, 6.45) is 1.67. The molecule has 0 heterocycles. The molecule has 9 nitrogen and oxygen atoms in total. The summed E-state index contributed by atoms with van der Waals surface area (Å²) in [5, 5.41) is 10.8. The fourth-order valence-corrected chi connectivity index (χ4v) is 4.21. The Morgan fingerprint density at radius 3 is 1.87 bits per heavy atom. The monoisotopic (exact) mass is 534 g/mol. The van der Waals surface area contributed by atoms with Gasteiger partial charge in [-0.25, -0.2) is 0 Å². The molecule has 1 aliphatic rings. The third kappa shape index (κ3) is 7.75. The van der Waals surface area contributed by atoms with E-state index in [1.807, 2.05) is 44.2 Å². The average molecular weight is 535 g/mol. The van der Waals surface area contributed by atoms with Gasteiger partial charge < -0.3 is 21.3 Å². The molecule has 3 rings (SSSR count). The number of ketones is 1. The van der Waals surface area contributed by atoms with E-state index in [-0.39, 0.29) is 12.0 Å². The summed E-state index contributed by atoms with van der Waals surface area (Å²) < 4.78 is 0. The fraction of sp³-hybridized carbons (Fsp3) is 0.433. The summed E-state index contributed by atoms with van der Waals surface area (Å²) in [7, 11) is 0. The Bertz CT molecular complexity index is 1190. The Morgan fingerprint density at radius 1 is 0.769 bits per heavy atom. The standard InChI is InChI=1S/C30H38N4O5/c1-18(2)23(24(35)28(38)32-22-16-17-22)33-26(36)19(3)31-29(39)25(30(4,5)21-14-10-7-11-15-21)34-27(37)20-12-8-6-9-13-20/h6-15,18-19,22-23,25H,16-17H2,1-5H3,(H,31,39)(H,32,38)(H,33,36)(H,34,37)/t19-,23-,25+/m0/s1. The van der Waals surface area contributed by atoms with Gasteiger partial charge in [0, 0.05) is 17.0 Å². The summed E-state index contributed by atoms with van der Waals surface area (Å²) in [6.45, 7) is 8.63. The molecule has 0 aromatic heterocycles. The lowest BCUT2D eigenvalue weighted by Gasteiger charge is -2.35. The van der Waals surface area contributed by atoms with Crippen LogP contribution in [0, 0.1) is 5.92 Å². The Balaban J connectivity index is 1.76. The highest BCUT2D eigenvalue weighted by atomic mass is 16.2. The molecular weight excluding hydrogens is 496 g/mol. The number of hydrogen-bond acceptors (Lipinski definition) is 5. The van der Waals surface area contributed by atoms with Crippen molar-refractivity contribution < 1.29 is 24.0 Å².